The fourth-order valence-corrected chi connectivity index (χ4v) is 1.78. The normalized spacial score (nSPS) is 29.2. The van der Waals surface area contributed by atoms with Crippen LogP contribution in [0.25, 0.3) is 0 Å². The van der Waals surface area contributed by atoms with Gasteiger partial charge in [0.25, 0.3) is 0 Å². The number of hydrogen-bond donors (Lipinski definition) is 3. The van der Waals surface area contributed by atoms with Crippen molar-refractivity contribution >= 4 is 11.8 Å². The third-order valence-electron chi connectivity index (χ3n) is 2.80. The molecule has 0 bridgehead atoms. The van der Waals surface area contributed by atoms with Gasteiger partial charge in [0.2, 0.25) is 11.8 Å². The molecule has 0 saturated carbocycles. The maximum atomic E-state index is 11.7. The van der Waals surface area contributed by atoms with E-state index in [0.29, 0.717) is 13.0 Å². The number of amides is 2. The van der Waals surface area contributed by atoms with Crippen LogP contribution < -0.4 is 16.0 Å². The lowest BCUT2D eigenvalue weighted by Crippen LogP contribution is -2.67. The van der Waals surface area contributed by atoms with Gasteiger partial charge >= 0.3 is 0 Å². The second-order valence-electron chi connectivity index (χ2n) is 4.36. The SMILES string of the molecule is CC1(NC(=O)C2CNC(=O)C2)CNC1. The van der Waals surface area contributed by atoms with Gasteiger partial charge in [0, 0.05) is 26.1 Å². The highest BCUT2D eigenvalue weighted by Gasteiger charge is 2.36. The van der Waals surface area contributed by atoms with Crippen molar-refractivity contribution in [2.45, 2.75) is 18.9 Å². The Morgan fingerprint density at radius 2 is 2.29 bits per heavy atom. The molecule has 5 heteroatoms. The summed E-state index contributed by atoms with van der Waals surface area (Å²) in [7, 11) is 0. The summed E-state index contributed by atoms with van der Waals surface area (Å²) in [5, 5.41) is 8.73. The zero-order valence-corrected chi connectivity index (χ0v) is 8.22. The van der Waals surface area contributed by atoms with Crippen molar-refractivity contribution in [2.24, 2.45) is 5.92 Å². The molecule has 0 spiro atoms. The van der Waals surface area contributed by atoms with Crippen LogP contribution in [0.3, 0.4) is 0 Å². The summed E-state index contributed by atoms with van der Waals surface area (Å²) in [6.45, 7) is 4.11. The van der Waals surface area contributed by atoms with Crippen LogP contribution in [0, 0.1) is 5.92 Å². The first-order valence-corrected chi connectivity index (χ1v) is 4.88. The molecule has 1 atom stereocenters. The zero-order chi connectivity index (χ0) is 10.2. The van der Waals surface area contributed by atoms with Gasteiger partial charge in [0.1, 0.15) is 0 Å². The Labute approximate surface area is 82.6 Å². The van der Waals surface area contributed by atoms with Gasteiger partial charge in [-0.15, -0.1) is 0 Å². The van der Waals surface area contributed by atoms with E-state index in [2.05, 4.69) is 16.0 Å². The molecule has 2 fully saturated rings. The van der Waals surface area contributed by atoms with Gasteiger partial charge in [-0.05, 0) is 6.92 Å². The summed E-state index contributed by atoms with van der Waals surface area (Å²) < 4.78 is 0. The Balaban J connectivity index is 1.86. The van der Waals surface area contributed by atoms with E-state index in [1.54, 1.807) is 0 Å². The minimum atomic E-state index is -0.181. The molecule has 2 rings (SSSR count). The molecule has 2 heterocycles. The third-order valence-corrected chi connectivity index (χ3v) is 2.80. The highest BCUT2D eigenvalue weighted by molar-refractivity contribution is 5.89. The highest BCUT2D eigenvalue weighted by Crippen LogP contribution is 2.14. The molecule has 14 heavy (non-hydrogen) atoms. The molecule has 78 valence electrons. The molecule has 2 amide bonds. The predicted molar refractivity (Wildman–Crippen MR) is 50.5 cm³/mol. The lowest BCUT2D eigenvalue weighted by atomic mass is 9.94. The predicted octanol–water partition coefficient (Wildman–Crippen LogP) is -1.40. The smallest absolute Gasteiger partial charge is 0.225 e. The van der Waals surface area contributed by atoms with Crippen molar-refractivity contribution in [3.8, 4) is 0 Å². The molecular formula is C9H15N3O2. The number of carbonyl (C=O) groups excluding carboxylic acids is 2. The van der Waals surface area contributed by atoms with Crippen LogP contribution in [0.4, 0.5) is 0 Å². The number of nitrogens with one attached hydrogen (secondary N) is 3. The van der Waals surface area contributed by atoms with Crippen molar-refractivity contribution < 1.29 is 9.59 Å². The van der Waals surface area contributed by atoms with Gasteiger partial charge in [0.15, 0.2) is 0 Å². The molecule has 3 N–H and O–H groups in total. The zero-order valence-electron chi connectivity index (χ0n) is 8.22. The molecule has 0 aliphatic carbocycles. The number of carbonyl (C=O) groups is 2. The van der Waals surface area contributed by atoms with Crippen molar-refractivity contribution in [1.29, 1.82) is 0 Å². The minimum absolute atomic E-state index is 0.00708. The Kier molecular flexibility index (Phi) is 2.19. The maximum Gasteiger partial charge on any atom is 0.225 e. The van der Waals surface area contributed by atoms with E-state index in [0.717, 1.165) is 13.1 Å². The average Bonchev–Trinajstić information content (AvgIpc) is 2.49. The van der Waals surface area contributed by atoms with Crippen LogP contribution in [0.2, 0.25) is 0 Å². The topological polar surface area (TPSA) is 70.2 Å². The van der Waals surface area contributed by atoms with Gasteiger partial charge in [-0.25, -0.2) is 0 Å². The fourth-order valence-electron chi connectivity index (χ4n) is 1.78. The van der Waals surface area contributed by atoms with E-state index in [1.165, 1.54) is 0 Å². The Bertz CT molecular complexity index is 273. The van der Waals surface area contributed by atoms with Gasteiger partial charge in [-0.1, -0.05) is 0 Å². The van der Waals surface area contributed by atoms with Crippen LogP contribution in [-0.4, -0.2) is 37.0 Å². The maximum absolute atomic E-state index is 11.7. The van der Waals surface area contributed by atoms with E-state index < -0.39 is 0 Å². The molecule has 2 aliphatic rings. The monoisotopic (exact) mass is 197 g/mol. The second-order valence-corrected chi connectivity index (χ2v) is 4.36. The van der Waals surface area contributed by atoms with Gasteiger partial charge in [-0.3, -0.25) is 9.59 Å². The van der Waals surface area contributed by atoms with Crippen molar-refractivity contribution in [2.75, 3.05) is 19.6 Å². The van der Waals surface area contributed by atoms with E-state index >= 15 is 0 Å². The molecule has 0 aromatic heterocycles. The van der Waals surface area contributed by atoms with Gasteiger partial charge < -0.3 is 16.0 Å². The van der Waals surface area contributed by atoms with Crippen LogP contribution in [0.1, 0.15) is 13.3 Å². The second kappa shape index (κ2) is 3.24. The van der Waals surface area contributed by atoms with Crippen LogP contribution in [0.5, 0.6) is 0 Å². The molecular weight excluding hydrogens is 182 g/mol. The van der Waals surface area contributed by atoms with Crippen molar-refractivity contribution in [3.63, 3.8) is 0 Å². The van der Waals surface area contributed by atoms with Crippen LogP contribution >= 0.6 is 0 Å². The van der Waals surface area contributed by atoms with E-state index in [9.17, 15) is 9.59 Å². The lowest BCUT2D eigenvalue weighted by molar-refractivity contribution is -0.128. The summed E-state index contributed by atoms with van der Waals surface area (Å²) in [5.41, 5.74) is -0.108. The van der Waals surface area contributed by atoms with E-state index in [1.807, 2.05) is 6.92 Å². The Morgan fingerprint density at radius 1 is 1.57 bits per heavy atom. The van der Waals surface area contributed by atoms with Gasteiger partial charge in [-0.2, -0.15) is 0 Å². The molecule has 0 aromatic carbocycles. The minimum Gasteiger partial charge on any atom is -0.355 e. The molecule has 5 nitrogen and oxygen atoms in total. The summed E-state index contributed by atoms with van der Waals surface area (Å²) in [6, 6.07) is 0. The summed E-state index contributed by atoms with van der Waals surface area (Å²) >= 11 is 0. The van der Waals surface area contributed by atoms with Gasteiger partial charge in [0.05, 0.1) is 11.5 Å². The first kappa shape index (κ1) is 9.45. The third kappa shape index (κ3) is 1.72. The fraction of sp³-hybridized carbons (Fsp3) is 0.778. The average molecular weight is 197 g/mol. The number of rotatable bonds is 2. The molecule has 0 radical (unpaired) electrons. The molecule has 0 aromatic rings. The van der Waals surface area contributed by atoms with Crippen LogP contribution in [0.15, 0.2) is 0 Å². The lowest BCUT2D eigenvalue weighted by Gasteiger charge is -2.40. The Hall–Kier alpha value is -1.10. The van der Waals surface area contributed by atoms with Crippen LogP contribution in [-0.2, 0) is 9.59 Å². The Morgan fingerprint density at radius 3 is 2.71 bits per heavy atom. The largest absolute Gasteiger partial charge is 0.355 e. The van der Waals surface area contributed by atoms with E-state index in [-0.39, 0.29) is 23.3 Å². The molecule has 2 aliphatic heterocycles. The van der Waals surface area contributed by atoms with Crippen molar-refractivity contribution in [3.05, 3.63) is 0 Å². The van der Waals surface area contributed by atoms with Crippen molar-refractivity contribution in [1.82, 2.24) is 16.0 Å². The quantitative estimate of drug-likeness (QED) is 0.510. The first-order valence-electron chi connectivity index (χ1n) is 4.88. The molecule has 2 saturated heterocycles. The summed E-state index contributed by atoms with van der Waals surface area (Å²) in [4.78, 5) is 22.6. The highest BCUT2D eigenvalue weighted by atomic mass is 16.2. The molecule has 1 unspecified atom stereocenters. The first-order chi connectivity index (χ1) is 6.59. The summed E-state index contributed by atoms with van der Waals surface area (Å²) in [6.07, 6.45) is 0.329. The summed E-state index contributed by atoms with van der Waals surface area (Å²) in [5.74, 6) is -0.214. The van der Waals surface area contributed by atoms with E-state index in [4.69, 9.17) is 0 Å². The number of hydrogen-bond acceptors (Lipinski definition) is 3. The standard InChI is InChI=1S/C9H15N3O2/c1-9(4-10-5-9)12-8(14)6-2-7(13)11-3-6/h6,10H,2-5H2,1H3,(H,11,13)(H,12,14).